The highest BCUT2D eigenvalue weighted by atomic mass is 32.1. The van der Waals surface area contributed by atoms with Crippen LogP contribution >= 0.6 is 12.2 Å². The summed E-state index contributed by atoms with van der Waals surface area (Å²) in [4.78, 5) is 6.55. The van der Waals surface area contributed by atoms with E-state index in [2.05, 4.69) is 15.5 Å². The van der Waals surface area contributed by atoms with E-state index >= 15 is 0 Å². The summed E-state index contributed by atoms with van der Waals surface area (Å²) >= 11 is 5.58. The van der Waals surface area contributed by atoms with E-state index in [0.717, 1.165) is 22.4 Å². The lowest BCUT2D eigenvalue weighted by Gasteiger charge is -2.37. The highest BCUT2D eigenvalue weighted by Crippen LogP contribution is 2.37. The van der Waals surface area contributed by atoms with Crippen molar-refractivity contribution in [1.29, 1.82) is 0 Å². The zero-order chi connectivity index (χ0) is 21.1. The first-order valence-corrected chi connectivity index (χ1v) is 9.92. The molecule has 0 bridgehead atoms. The number of methoxy groups -OCH3 is 1. The fourth-order valence-electron chi connectivity index (χ4n) is 3.48. The number of benzene rings is 2. The molecular formula is C22H21FN4O2S. The topological polar surface area (TPSA) is 63.4 Å². The van der Waals surface area contributed by atoms with Crippen molar-refractivity contribution >= 4 is 22.9 Å². The van der Waals surface area contributed by atoms with Gasteiger partial charge in [-0.05, 0) is 36.8 Å². The molecule has 154 valence electrons. The van der Waals surface area contributed by atoms with Gasteiger partial charge in [0.2, 0.25) is 5.82 Å². The van der Waals surface area contributed by atoms with Gasteiger partial charge in [-0.15, -0.1) is 0 Å². The Morgan fingerprint density at radius 1 is 1.20 bits per heavy atom. The molecule has 6 nitrogen and oxygen atoms in total. The SMILES string of the molecule is COCCN1C(=S)NC(c2cccc(F)c2)C(c2nc(-c3ccccc3)no2)=C1C. The van der Waals surface area contributed by atoms with Crippen LogP contribution in [-0.4, -0.2) is 40.4 Å². The lowest BCUT2D eigenvalue weighted by molar-refractivity contribution is 0.183. The molecule has 4 rings (SSSR count). The summed E-state index contributed by atoms with van der Waals surface area (Å²) in [6, 6.07) is 15.6. The predicted molar refractivity (Wildman–Crippen MR) is 116 cm³/mol. The zero-order valence-electron chi connectivity index (χ0n) is 16.6. The van der Waals surface area contributed by atoms with Crippen LogP contribution in [0.5, 0.6) is 0 Å². The van der Waals surface area contributed by atoms with Gasteiger partial charge in [-0.1, -0.05) is 47.6 Å². The van der Waals surface area contributed by atoms with Crippen LogP contribution in [0.15, 0.2) is 64.8 Å². The van der Waals surface area contributed by atoms with Gasteiger partial charge in [0.1, 0.15) is 5.82 Å². The number of hydrogen-bond donors (Lipinski definition) is 1. The van der Waals surface area contributed by atoms with Gasteiger partial charge < -0.3 is 19.5 Å². The molecule has 1 aliphatic rings. The Labute approximate surface area is 179 Å². The smallest absolute Gasteiger partial charge is 0.258 e. The molecule has 0 spiro atoms. The number of ether oxygens (including phenoxy) is 1. The first-order valence-electron chi connectivity index (χ1n) is 9.51. The maximum absolute atomic E-state index is 14.0. The lowest BCUT2D eigenvalue weighted by Crippen LogP contribution is -2.47. The van der Waals surface area contributed by atoms with Crippen molar-refractivity contribution in [3.63, 3.8) is 0 Å². The van der Waals surface area contributed by atoms with Crippen LogP contribution in [0.1, 0.15) is 24.4 Å². The van der Waals surface area contributed by atoms with Crippen LogP contribution in [0.3, 0.4) is 0 Å². The Morgan fingerprint density at radius 2 is 2.00 bits per heavy atom. The Bertz CT molecular complexity index is 1080. The number of nitrogens with one attached hydrogen (secondary N) is 1. The highest BCUT2D eigenvalue weighted by molar-refractivity contribution is 7.80. The summed E-state index contributed by atoms with van der Waals surface area (Å²) < 4.78 is 24.8. The largest absolute Gasteiger partial charge is 0.383 e. The van der Waals surface area contributed by atoms with Gasteiger partial charge in [-0.2, -0.15) is 4.98 Å². The second-order valence-electron chi connectivity index (χ2n) is 6.87. The van der Waals surface area contributed by atoms with Crippen molar-refractivity contribution in [3.8, 4) is 11.4 Å². The number of hydrogen-bond acceptors (Lipinski definition) is 5. The second-order valence-corrected chi connectivity index (χ2v) is 7.26. The van der Waals surface area contributed by atoms with E-state index in [1.54, 1.807) is 13.2 Å². The number of aromatic nitrogens is 2. The predicted octanol–water partition coefficient (Wildman–Crippen LogP) is 4.18. The summed E-state index contributed by atoms with van der Waals surface area (Å²) in [5.41, 5.74) is 3.18. The second kappa shape index (κ2) is 8.73. The maximum atomic E-state index is 14.0. The molecule has 8 heteroatoms. The molecule has 0 saturated carbocycles. The Balaban J connectivity index is 1.81. The molecule has 0 fully saturated rings. The minimum Gasteiger partial charge on any atom is -0.383 e. The Kier molecular flexibility index (Phi) is 5.87. The van der Waals surface area contributed by atoms with Crippen molar-refractivity contribution in [2.75, 3.05) is 20.3 Å². The third kappa shape index (κ3) is 3.96. The van der Waals surface area contributed by atoms with Gasteiger partial charge in [0.05, 0.1) is 18.2 Å². The van der Waals surface area contributed by atoms with Crippen LogP contribution in [0.25, 0.3) is 17.0 Å². The standard InChI is InChI=1S/C22H21FN4O2S/c1-14-18(21-25-20(26-29-21)15-7-4-3-5-8-15)19(16-9-6-10-17(23)13-16)24-22(30)27(14)11-12-28-2/h3-10,13,19H,11-12H2,1-2H3,(H,24,30). The minimum atomic E-state index is -0.420. The van der Waals surface area contributed by atoms with Gasteiger partial charge in [-0.3, -0.25) is 0 Å². The molecule has 2 heterocycles. The van der Waals surface area contributed by atoms with Gasteiger partial charge in [0.25, 0.3) is 5.89 Å². The minimum absolute atomic E-state index is 0.325. The van der Waals surface area contributed by atoms with Crippen molar-refractivity contribution in [2.24, 2.45) is 0 Å². The quantitative estimate of drug-likeness (QED) is 0.596. The average molecular weight is 425 g/mol. The molecule has 1 atom stereocenters. The molecule has 0 radical (unpaired) electrons. The molecule has 1 aliphatic heterocycles. The first kappa shape index (κ1) is 20.2. The highest BCUT2D eigenvalue weighted by Gasteiger charge is 2.34. The zero-order valence-corrected chi connectivity index (χ0v) is 17.4. The number of halogens is 1. The molecule has 0 aliphatic carbocycles. The summed E-state index contributed by atoms with van der Waals surface area (Å²) in [5.74, 6) is 0.521. The molecule has 0 saturated heterocycles. The van der Waals surface area contributed by atoms with E-state index < -0.39 is 6.04 Å². The van der Waals surface area contributed by atoms with Gasteiger partial charge in [-0.25, -0.2) is 4.39 Å². The summed E-state index contributed by atoms with van der Waals surface area (Å²) in [5, 5.41) is 7.98. The molecule has 2 aromatic carbocycles. The van der Waals surface area contributed by atoms with Crippen molar-refractivity contribution in [2.45, 2.75) is 13.0 Å². The Hall–Kier alpha value is -3.10. The molecule has 1 aromatic heterocycles. The van der Waals surface area contributed by atoms with Crippen LogP contribution in [0.2, 0.25) is 0 Å². The van der Waals surface area contributed by atoms with Crippen LogP contribution in [0.4, 0.5) is 4.39 Å². The van der Waals surface area contributed by atoms with Crippen LogP contribution < -0.4 is 5.32 Å². The van der Waals surface area contributed by atoms with Gasteiger partial charge >= 0.3 is 0 Å². The fraction of sp³-hybridized carbons (Fsp3) is 0.227. The summed E-state index contributed by atoms with van der Waals surface area (Å²) in [6.45, 7) is 3.00. The molecule has 1 N–H and O–H groups in total. The first-order chi connectivity index (χ1) is 14.6. The molecule has 0 amide bonds. The monoisotopic (exact) mass is 424 g/mol. The average Bonchev–Trinajstić information content (AvgIpc) is 3.23. The molecule has 1 unspecified atom stereocenters. The van der Waals surface area contributed by atoms with Gasteiger partial charge in [0, 0.05) is 24.9 Å². The molecular weight excluding hydrogens is 403 g/mol. The van der Waals surface area contributed by atoms with Gasteiger partial charge in [0.15, 0.2) is 5.11 Å². The molecule has 3 aromatic rings. The van der Waals surface area contributed by atoms with Crippen LogP contribution in [0, 0.1) is 5.82 Å². The fourth-order valence-corrected chi connectivity index (χ4v) is 3.83. The molecule has 30 heavy (non-hydrogen) atoms. The number of allylic oxidation sites excluding steroid dienone is 1. The van der Waals surface area contributed by atoms with E-state index in [4.69, 9.17) is 21.5 Å². The van der Waals surface area contributed by atoms with Crippen molar-refractivity contribution in [1.82, 2.24) is 20.4 Å². The number of nitrogens with zero attached hydrogens (tertiary/aromatic N) is 3. The van der Waals surface area contributed by atoms with E-state index in [1.165, 1.54) is 12.1 Å². The summed E-state index contributed by atoms with van der Waals surface area (Å²) in [6.07, 6.45) is 0. The summed E-state index contributed by atoms with van der Waals surface area (Å²) in [7, 11) is 1.64. The van der Waals surface area contributed by atoms with E-state index in [0.29, 0.717) is 30.0 Å². The van der Waals surface area contributed by atoms with Crippen LogP contribution in [-0.2, 0) is 4.74 Å². The number of thiocarbonyl (C=S) groups is 1. The van der Waals surface area contributed by atoms with E-state index in [1.807, 2.05) is 48.2 Å². The van der Waals surface area contributed by atoms with E-state index in [9.17, 15) is 4.39 Å². The third-order valence-corrected chi connectivity index (χ3v) is 5.32. The normalized spacial score (nSPS) is 16.7. The lowest BCUT2D eigenvalue weighted by atomic mass is 9.94. The Morgan fingerprint density at radius 3 is 2.73 bits per heavy atom. The van der Waals surface area contributed by atoms with Crippen molar-refractivity contribution < 1.29 is 13.7 Å². The third-order valence-electron chi connectivity index (χ3n) is 4.99. The maximum Gasteiger partial charge on any atom is 0.258 e. The number of rotatable bonds is 6. The van der Waals surface area contributed by atoms with Crippen molar-refractivity contribution in [3.05, 3.63) is 77.6 Å². The van der Waals surface area contributed by atoms with E-state index in [-0.39, 0.29) is 5.82 Å².